The first-order chi connectivity index (χ1) is 9.41. The van der Waals surface area contributed by atoms with Gasteiger partial charge in [-0.25, -0.2) is 0 Å². The smallest absolute Gasteiger partial charge is 0.287 e. The van der Waals surface area contributed by atoms with Gasteiger partial charge in [0.15, 0.2) is 0 Å². The van der Waals surface area contributed by atoms with Crippen molar-refractivity contribution in [2.24, 2.45) is 5.92 Å². The average molecular weight is 297 g/mol. The highest BCUT2D eigenvalue weighted by Crippen LogP contribution is 2.28. The largest absolute Gasteiger partial charge is 0.336 e. The zero-order valence-corrected chi connectivity index (χ0v) is 12.3. The van der Waals surface area contributed by atoms with Gasteiger partial charge in [0.1, 0.15) is 5.02 Å². The number of rotatable bonds is 2. The Labute approximate surface area is 122 Å². The van der Waals surface area contributed by atoms with Crippen molar-refractivity contribution in [1.82, 2.24) is 4.90 Å². The third-order valence-corrected chi connectivity index (χ3v) is 4.33. The molecule has 0 aromatic heterocycles. The predicted octanol–water partition coefficient (Wildman–Crippen LogP) is 3.51. The van der Waals surface area contributed by atoms with Gasteiger partial charge < -0.3 is 4.90 Å². The fourth-order valence-corrected chi connectivity index (χ4v) is 2.83. The molecule has 1 amide bonds. The number of benzene rings is 1. The van der Waals surface area contributed by atoms with Gasteiger partial charge in [0, 0.05) is 24.2 Å². The van der Waals surface area contributed by atoms with Crippen molar-refractivity contribution < 1.29 is 9.72 Å². The summed E-state index contributed by atoms with van der Waals surface area (Å²) in [6.07, 6.45) is 2.10. The number of nitrogens with zero attached hydrogens (tertiary/aromatic N) is 2. The molecule has 0 radical (unpaired) electrons. The van der Waals surface area contributed by atoms with Crippen LogP contribution >= 0.6 is 11.6 Å². The number of hydrogen-bond donors (Lipinski definition) is 0. The molecule has 0 aliphatic carbocycles. The molecule has 0 saturated carbocycles. The number of carbonyl (C=O) groups excluding carboxylic acids is 1. The second-order valence-corrected chi connectivity index (χ2v) is 5.69. The average Bonchev–Trinajstić information content (AvgIpc) is 2.40. The lowest BCUT2D eigenvalue weighted by molar-refractivity contribution is -0.384. The van der Waals surface area contributed by atoms with Gasteiger partial charge in [-0.1, -0.05) is 18.5 Å². The molecule has 1 heterocycles. The monoisotopic (exact) mass is 296 g/mol. The number of likely N-dealkylation sites (tertiary alicyclic amines) is 1. The number of nitro benzene ring substituents is 1. The van der Waals surface area contributed by atoms with E-state index in [1.807, 2.05) is 11.8 Å². The van der Waals surface area contributed by atoms with Crippen LogP contribution in [0, 0.1) is 16.0 Å². The van der Waals surface area contributed by atoms with Crippen molar-refractivity contribution in [2.75, 3.05) is 6.54 Å². The molecule has 0 spiro atoms. The Morgan fingerprint density at radius 2 is 2.15 bits per heavy atom. The summed E-state index contributed by atoms with van der Waals surface area (Å²) in [6, 6.07) is 4.31. The van der Waals surface area contributed by atoms with Gasteiger partial charge in [0.25, 0.3) is 11.6 Å². The van der Waals surface area contributed by atoms with E-state index in [1.165, 1.54) is 18.2 Å². The molecule has 6 heteroatoms. The Bertz CT molecular complexity index is 547. The Hall–Kier alpha value is -1.62. The minimum atomic E-state index is -0.553. The van der Waals surface area contributed by atoms with Crippen LogP contribution in [0.15, 0.2) is 18.2 Å². The van der Waals surface area contributed by atoms with E-state index >= 15 is 0 Å². The van der Waals surface area contributed by atoms with Gasteiger partial charge in [0.05, 0.1) is 4.92 Å². The van der Waals surface area contributed by atoms with Crippen molar-refractivity contribution >= 4 is 23.2 Å². The normalized spacial score (nSPS) is 22.6. The van der Waals surface area contributed by atoms with Crippen LogP contribution < -0.4 is 0 Å². The van der Waals surface area contributed by atoms with Gasteiger partial charge in [-0.15, -0.1) is 0 Å². The Kier molecular flexibility index (Phi) is 4.28. The minimum absolute atomic E-state index is 0.00133. The van der Waals surface area contributed by atoms with Crippen molar-refractivity contribution in [3.63, 3.8) is 0 Å². The lowest BCUT2D eigenvalue weighted by atomic mass is 9.91. The maximum absolute atomic E-state index is 12.5. The molecular weight excluding hydrogens is 280 g/mol. The number of carbonyl (C=O) groups is 1. The first-order valence-corrected chi connectivity index (χ1v) is 7.04. The lowest BCUT2D eigenvalue weighted by Crippen LogP contribution is -2.46. The topological polar surface area (TPSA) is 63.5 Å². The van der Waals surface area contributed by atoms with E-state index in [1.54, 1.807) is 0 Å². The van der Waals surface area contributed by atoms with E-state index in [2.05, 4.69) is 6.92 Å². The number of halogens is 1. The van der Waals surface area contributed by atoms with Crippen LogP contribution in [-0.2, 0) is 0 Å². The standard InChI is InChI=1S/C14H17ClN2O3/c1-9-4-3-7-16(10(9)2)14(18)11-5-6-13(17(19)20)12(15)8-11/h5-6,8-10H,3-4,7H2,1-2H3. The third-order valence-electron chi connectivity index (χ3n) is 4.03. The minimum Gasteiger partial charge on any atom is -0.336 e. The highest BCUT2D eigenvalue weighted by Gasteiger charge is 2.29. The molecule has 1 fully saturated rings. The Morgan fingerprint density at radius 1 is 1.45 bits per heavy atom. The summed E-state index contributed by atoms with van der Waals surface area (Å²) >= 11 is 5.86. The van der Waals surface area contributed by atoms with Gasteiger partial charge >= 0.3 is 0 Å². The van der Waals surface area contributed by atoms with E-state index in [-0.39, 0.29) is 22.7 Å². The number of nitro groups is 1. The molecule has 2 unspecified atom stereocenters. The number of amides is 1. The summed E-state index contributed by atoms with van der Waals surface area (Å²) in [4.78, 5) is 24.5. The molecule has 1 aromatic carbocycles. The highest BCUT2D eigenvalue weighted by atomic mass is 35.5. The summed E-state index contributed by atoms with van der Waals surface area (Å²) in [6.45, 7) is 4.89. The van der Waals surface area contributed by atoms with Crippen LogP contribution in [0.4, 0.5) is 5.69 Å². The first-order valence-electron chi connectivity index (χ1n) is 6.66. The summed E-state index contributed by atoms with van der Waals surface area (Å²) in [5, 5.41) is 10.7. The van der Waals surface area contributed by atoms with E-state index in [0.717, 1.165) is 19.4 Å². The van der Waals surface area contributed by atoms with Crippen molar-refractivity contribution in [1.29, 1.82) is 0 Å². The summed E-state index contributed by atoms with van der Waals surface area (Å²) in [7, 11) is 0. The molecule has 1 aliphatic heterocycles. The van der Waals surface area contributed by atoms with Crippen LogP contribution in [0.3, 0.4) is 0 Å². The fourth-order valence-electron chi connectivity index (χ4n) is 2.58. The third kappa shape index (κ3) is 2.77. The van der Waals surface area contributed by atoms with Gasteiger partial charge in [0.2, 0.25) is 0 Å². The van der Waals surface area contributed by atoms with Crippen LogP contribution in [0.2, 0.25) is 5.02 Å². The second kappa shape index (κ2) is 5.79. The zero-order chi connectivity index (χ0) is 14.9. The zero-order valence-electron chi connectivity index (χ0n) is 11.5. The van der Waals surface area contributed by atoms with Crippen molar-refractivity contribution in [2.45, 2.75) is 32.7 Å². The molecule has 0 N–H and O–H groups in total. The van der Waals surface area contributed by atoms with Crippen molar-refractivity contribution in [3.8, 4) is 0 Å². The molecule has 1 aromatic rings. The summed E-state index contributed by atoms with van der Waals surface area (Å²) in [5.74, 6) is 0.349. The number of hydrogen-bond acceptors (Lipinski definition) is 3. The van der Waals surface area contributed by atoms with E-state index < -0.39 is 4.92 Å². The number of piperidine rings is 1. The predicted molar refractivity (Wildman–Crippen MR) is 77.0 cm³/mol. The highest BCUT2D eigenvalue weighted by molar-refractivity contribution is 6.33. The van der Waals surface area contributed by atoms with Gasteiger partial charge in [-0.2, -0.15) is 0 Å². The van der Waals surface area contributed by atoms with E-state index in [9.17, 15) is 14.9 Å². The van der Waals surface area contributed by atoms with Gasteiger partial charge in [-0.3, -0.25) is 14.9 Å². The molecule has 1 aliphatic rings. The molecule has 5 nitrogen and oxygen atoms in total. The lowest BCUT2D eigenvalue weighted by Gasteiger charge is -2.38. The maximum atomic E-state index is 12.5. The fraction of sp³-hybridized carbons (Fsp3) is 0.500. The molecule has 2 atom stereocenters. The van der Waals surface area contributed by atoms with Crippen LogP contribution in [-0.4, -0.2) is 28.3 Å². The van der Waals surface area contributed by atoms with Gasteiger partial charge in [-0.05, 0) is 37.8 Å². The molecule has 1 saturated heterocycles. The van der Waals surface area contributed by atoms with Crippen molar-refractivity contribution in [3.05, 3.63) is 38.9 Å². The Morgan fingerprint density at radius 3 is 2.75 bits per heavy atom. The van der Waals surface area contributed by atoms with Crippen LogP contribution in [0.1, 0.15) is 37.0 Å². The van der Waals surface area contributed by atoms with Crippen LogP contribution in [0.25, 0.3) is 0 Å². The molecule has 0 bridgehead atoms. The molecule has 108 valence electrons. The molecule has 20 heavy (non-hydrogen) atoms. The van der Waals surface area contributed by atoms with E-state index in [4.69, 9.17) is 11.6 Å². The quantitative estimate of drug-likeness (QED) is 0.619. The second-order valence-electron chi connectivity index (χ2n) is 5.28. The van der Waals surface area contributed by atoms with E-state index in [0.29, 0.717) is 11.5 Å². The molecule has 2 rings (SSSR count). The van der Waals surface area contributed by atoms with Crippen LogP contribution in [0.5, 0.6) is 0 Å². The first kappa shape index (κ1) is 14.8. The maximum Gasteiger partial charge on any atom is 0.287 e. The SMILES string of the molecule is CC1CCCN(C(=O)c2ccc([N+](=O)[O-])c(Cl)c2)C1C. The summed E-state index contributed by atoms with van der Waals surface area (Å²) in [5.41, 5.74) is 0.227. The molecular formula is C14H17ClN2O3. The summed E-state index contributed by atoms with van der Waals surface area (Å²) < 4.78 is 0. The Balaban J connectivity index is 2.25.